The Morgan fingerprint density at radius 3 is 3.05 bits per heavy atom. The Morgan fingerprint density at radius 2 is 2.35 bits per heavy atom. The monoisotopic (exact) mass is 304 g/mol. The first-order valence-electron chi connectivity index (χ1n) is 5.64. The summed E-state index contributed by atoms with van der Waals surface area (Å²) in [6, 6.07) is 1.75. The van der Waals surface area contributed by atoms with Gasteiger partial charge in [0.1, 0.15) is 10.6 Å². The molecule has 0 atom stereocenters. The number of fused-ring (bicyclic) bond motifs is 3. The molecule has 1 N–H and O–H groups in total. The van der Waals surface area contributed by atoms with Crippen molar-refractivity contribution in [2.24, 2.45) is 0 Å². The lowest BCUT2D eigenvalue weighted by Gasteiger charge is -2.28. The van der Waals surface area contributed by atoms with Crippen molar-refractivity contribution in [2.75, 3.05) is 16.1 Å². The minimum atomic E-state index is -3.68. The highest BCUT2D eigenvalue weighted by atomic mass is 32.2. The summed E-state index contributed by atoms with van der Waals surface area (Å²) < 4.78 is 26.5. The molecule has 0 saturated heterocycles. The van der Waals surface area contributed by atoms with E-state index >= 15 is 0 Å². The van der Waals surface area contributed by atoms with Gasteiger partial charge in [-0.25, -0.2) is 18.4 Å². The molecule has 100 valence electrons. The highest BCUT2D eigenvalue weighted by molar-refractivity contribution is 7.93. The number of nitrogens with one attached hydrogen (secondary N) is 1. The van der Waals surface area contributed by atoms with Crippen molar-refractivity contribution >= 4 is 41.0 Å². The van der Waals surface area contributed by atoms with Gasteiger partial charge in [-0.2, -0.15) is 0 Å². The van der Waals surface area contributed by atoms with Crippen LogP contribution in [0.25, 0.3) is 10.6 Å². The average molecular weight is 304 g/mol. The molecule has 0 fully saturated rings. The molecule has 2 radical (unpaired) electrons. The van der Waals surface area contributed by atoms with E-state index in [2.05, 4.69) is 21.8 Å². The summed E-state index contributed by atoms with van der Waals surface area (Å²) >= 11 is 1.42. The molecule has 1 aliphatic rings. The van der Waals surface area contributed by atoms with Crippen LogP contribution in [-0.2, 0) is 10.0 Å². The number of hydrogen-bond acceptors (Lipinski definition) is 6. The van der Waals surface area contributed by atoms with Crippen LogP contribution in [0.2, 0.25) is 0 Å². The zero-order valence-electron chi connectivity index (χ0n) is 10.3. The number of aromatic nitrogens is 2. The summed E-state index contributed by atoms with van der Waals surface area (Å²) in [5.74, 6) is 0.176. The Kier molecular flexibility index (Phi) is 3.02. The summed E-state index contributed by atoms with van der Waals surface area (Å²) in [5.41, 5.74) is 0.974. The smallest absolute Gasteiger partial charge is 0.268 e. The first-order valence-corrected chi connectivity index (χ1v) is 7.96. The molecule has 0 aliphatic carbocycles. The van der Waals surface area contributed by atoms with Crippen molar-refractivity contribution < 1.29 is 8.42 Å². The van der Waals surface area contributed by atoms with Crippen LogP contribution in [0.1, 0.15) is 0 Å². The molecule has 0 bridgehead atoms. The predicted molar refractivity (Wildman–Crippen MR) is 79.5 cm³/mol. The molecule has 2 aromatic heterocycles. The van der Waals surface area contributed by atoms with E-state index in [4.69, 9.17) is 7.98 Å². The van der Waals surface area contributed by atoms with Crippen molar-refractivity contribution in [3.63, 3.8) is 0 Å². The molecular weight excluding hydrogens is 295 g/mol. The van der Waals surface area contributed by atoms with Crippen molar-refractivity contribution in [3.05, 3.63) is 30.3 Å². The Labute approximate surface area is 121 Å². The van der Waals surface area contributed by atoms with E-state index in [9.17, 15) is 8.42 Å². The van der Waals surface area contributed by atoms with Crippen molar-refractivity contribution in [2.45, 2.75) is 4.90 Å². The van der Waals surface area contributed by atoms with Crippen molar-refractivity contribution in [1.82, 2.24) is 9.97 Å². The first kappa shape index (κ1) is 13.1. The number of nitrogens with zero attached hydrogens (tertiary/aromatic N) is 3. The zero-order valence-corrected chi connectivity index (χ0v) is 11.9. The summed E-state index contributed by atoms with van der Waals surface area (Å²) in [6.07, 6.45) is 2.81. The van der Waals surface area contributed by atoms with Gasteiger partial charge in [0.05, 0.1) is 23.3 Å². The molecule has 1 aliphatic heterocycles. The third-order valence-electron chi connectivity index (χ3n) is 2.88. The number of hydrogen-bond donors (Lipinski definition) is 1. The summed E-state index contributed by atoms with van der Waals surface area (Å²) in [4.78, 5) is 8.90. The molecule has 0 spiro atoms. The fraction of sp³-hybridized carbons (Fsp3) is 0.0909. The van der Waals surface area contributed by atoms with Gasteiger partial charge in [-0.15, -0.1) is 17.9 Å². The molecular formula is C11H9BN4O2S2. The molecule has 3 rings (SSSR count). The van der Waals surface area contributed by atoms with E-state index in [0.717, 1.165) is 4.88 Å². The topological polar surface area (TPSA) is 75.2 Å². The molecule has 3 heterocycles. The second-order valence-electron chi connectivity index (χ2n) is 4.01. The zero-order chi connectivity index (χ0) is 14.3. The molecule has 2 aromatic rings. The van der Waals surface area contributed by atoms with Gasteiger partial charge >= 0.3 is 0 Å². The minimum Gasteiger partial charge on any atom is -0.407 e. The molecule has 0 unspecified atom stereocenters. The number of rotatable bonds is 3. The average Bonchev–Trinajstić information content (AvgIpc) is 2.92. The summed E-state index contributed by atoms with van der Waals surface area (Å²) in [7, 11) is 1.60. The van der Waals surface area contributed by atoms with Crippen LogP contribution in [-0.4, -0.2) is 32.9 Å². The Balaban J connectivity index is 2.32. The standard InChI is InChI=1S/C11H9BN4O2S2/c1-2-4-16-7-3-5-19-10(7)9-8(20(16,17)18)6-13-11(14-9)15-12/h2-3,5-6H,1,4H2,(H,13,14,15). The van der Waals surface area contributed by atoms with Gasteiger partial charge in [-0.05, 0) is 11.4 Å². The van der Waals surface area contributed by atoms with Crippen LogP contribution in [0, 0.1) is 0 Å². The van der Waals surface area contributed by atoms with E-state index < -0.39 is 10.0 Å². The van der Waals surface area contributed by atoms with Crippen molar-refractivity contribution in [3.8, 4) is 10.6 Å². The Bertz CT molecular complexity index is 787. The van der Waals surface area contributed by atoms with Gasteiger partial charge in [-0.1, -0.05) is 6.08 Å². The fourth-order valence-corrected chi connectivity index (χ4v) is 4.58. The molecule has 6 nitrogen and oxygen atoms in total. The van der Waals surface area contributed by atoms with Gasteiger partial charge in [0.25, 0.3) is 10.0 Å². The maximum atomic E-state index is 12.6. The molecule has 9 heteroatoms. The van der Waals surface area contributed by atoms with Crippen LogP contribution in [0.5, 0.6) is 0 Å². The van der Waals surface area contributed by atoms with Gasteiger partial charge in [0, 0.05) is 0 Å². The second kappa shape index (κ2) is 4.60. The van der Waals surface area contributed by atoms with Crippen molar-refractivity contribution in [1.29, 1.82) is 0 Å². The Hall–Kier alpha value is -1.87. The van der Waals surface area contributed by atoms with E-state index in [1.54, 1.807) is 12.1 Å². The van der Waals surface area contributed by atoms with Crippen LogP contribution < -0.4 is 9.53 Å². The number of sulfonamides is 1. The third kappa shape index (κ3) is 1.74. The maximum absolute atomic E-state index is 12.6. The highest BCUT2D eigenvalue weighted by Crippen LogP contribution is 2.45. The van der Waals surface area contributed by atoms with Crippen LogP contribution in [0.15, 0.2) is 35.2 Å². The third-order valence-corrected chi connectivity index (χ3v) is 5.57. The largest absolute Gasteiger partial charge is 0.407 e. The van der Waals surface area contributed by atoms with Crippen LogP contribution >= 0.6 is 11.3 Å². The van der Waals surface area contributed by atoms with Gasteiger partial charge < -0.3 is 5.23 Å². The molecule has 0 amide bonds. The minimum absolute atomic E-state index is 0.0771. The first-order chi connectivity index (χ1) is 9.59. The number of anilines is 2. The SMILES string of the molecule is [B]Nc1ncc2c(n1)-c1sccc1N(CC=C)S2(=O)=O. The lowest BCUT2D eigenvalue weighted by Crippen LogP contribution is -2.34. The van der Waals surface area contributed by atoms with Gasteiger partial charge in [0.2, 0.25) is 13.9 Å². The molecule has 0 saturated carbocycles. The van der Waals surface area contributed by atoms with E-state index in [0.29, 0.717) is 11.4 Å². The summed E-state index contributed by atoms with van der Waals surface area (Å²) in [5, 5.41) is 4.14. The van der Waals surface area contributed by atoms with E-state index in [1.807, 2.05) is 5.38 Å². The fourth-order valence-electron chi connectivity index (χ4n) is 2.03. The lowest BCUT2D eigenvalue weighted by molar-refractivity contribution is 0.591. The van der Waals surface area contributed by atoms with E-state index in [-0.39, 0.29) is 17.4 Å². The normalized spacial score (nSPS) is 15.3. The van der Waals surface area contributed by atoms with Gasteiger partial charge in [0.15, 0.2) is 0 Å². The van der Waals surface area contributed by atoms with Gasteiger partial charge in [-0.3, -0.25) is 4.31 Å². The quantitative estimate of drug-likeness (QED) is 0.685. The molecule has 20 heavy (non-hydrogen) atoms. The lowest BCUT2D eigenvalue weighted by atomic mass is 10.3. The number of thiophene rings is 1. The summed E-state index contributed by atoms with van der Waals surface area (Å²) in [6.45, 7) is 3.80. The Morgan fingerprint density at radius 1 is 1.55 bits per heavy atom. The van der Waals surface area contributed by atoms with Crippen LogP contribution in [0.3, 0.4) is 0 Å². The molecule has 0 aromatic carbocycles. The van der Waals surface area contributed by atoms with E-state index in [1.165, 1.54) is 21.8 Å². The maximum Gasteiger partial charge on any atom is 0.268 e. The highest BCUT2D eigenvalue weighted by Gasteiger charge is 2.36. The van der Waals surface area contributed by atoms with Crippen LogP contribution in [0.4, 0.5) is 11.6 Å². The predicted octanol–water partition coefficient (Wildman–Crippen LogP) is 1.40. The second-order valence-corrected chi connectivity index (χ2v) is 6.76.